The van der Waals surface area contributed by atoms with E-state index in [0.717, 1.165) is 21.2 Å². The van der Waals surface area contributed by atoms with Crippen LogP contribution in [-0.2, 0) is 0 Å². The van der Waals surface area contributed by atoms with Crippen molar-refractivity contribution in [3.05, 3.63) is 29.0 Å². The standard InChI is InChI=1S/C15H18BrN3/c1-10-4-2-3-5-13(10)19-15-12-8-11(16)6-7-14(12)17-9-18-15/h6-10,13H,2-5H2,1H3,(H,17,18,19)/t10-,13-/m1/s1. The van der Waals surface area contributed by atoms with Crippen LogP contribution >= 0.6 is 15.9 Å². The minimum Gasteiger partial charge on any atom is -0.366 e. The Balaban J connectivity index is 1.93. The van der Waals surface area contributed by atoms with Crippen LogP contribution in [0.25, 0.3) is 10.9 Å². The highest BCUT2D eigenvalue weighted by Crippen LogP contribution is 2.29. The fourth-order valence-electron chi connectivity index (χ4n) is 2.85. The zero-order chi connectivity index (χ0) is 13.2. The number of aromatic nitrogens is 2. The Morgan fingerprint density at radius 3 is 2.89 bits per heavy atom. The Morgan fingerprint density at radius 2 is 2.05 bits per heavy atom. The molecular formula is C15H18BrN3. The highest BCUT2D eigenvalue weighted by atomic mass is 79.9. The molecule has 1 aliphatic carbocycles. The molecule has 100 valence electrons. The number of hydrogen-bond donors (Lipinski definition) is 1. The summed E-state index contributed by atoms with van der Waals surface area (Å²) < 4.78 is 1.06. The summed E-state index contributed by atoms with van der Waals surface area (Å²) in [6.07, 6.45) is 6.86. The summed E-state index contributed by atoms with van der Waals surface area (Å²) in [5.74, 6) is 1.68. The Hall–Kier alpha value is -1.16. The van der Waals surface area contributed by atoms with E-state index in [1.807, 2.05) is 12.1 Å². The maximum atomic E-state index is 4.43. The van der Waals surface area contributed by atoms with Crippen molar-refractivity contribution in [1.29, 1.82) is 0 Å². The van der Waals surface area contributed by atoms with Gasteiger partial charge in [-0.2, -0.15) is 0 Å². The van der Waals surface area contributed by atoms with Crippen LogP contribution in [0.1, 0.15) is 32.6 Å². The van der Waals surface area contributed by atoms with E-state index in [0.29, 0.717) is 12.0 Å². The first-order valence-electron chi connectivity index (χ1n) is 6.91. The fourth-order valence-corrected chi connectivity index (χ4v) is 3.21. The van der Waals surface area contributed by atoms with E-state index in [9.17, 15) is 0 Å². The first-order chi connectivity index (χ1) is 9.24. The van der Waals surface area contributed by atoms with Crippen molar-refractivity contribution >= 4 is 32.7 Å². The van der Waals surface area contributed by atoms with Gasteiger partial charge in [0.1, 0.15) is 12.1 Å². The van der Waals surface area contributed by atoms with Crippen LogP contribution in [0.3, 0.4) is 0 Å². The number of anilines is 1. The van der Waals surface area contributed by atoms with Gasteiger partial charge in [-0.3, -0.25) is 0 Å². The maximum absolute atomic E-state index is 4.43. The summed E-state index contributed by atoms with van der Waals surface area (Å²) in [7, 11) is 0. The SMILES string of the molecule is C[C@@H]1CCCC[C@H]1Nc1ncnc2ccc(Br)cc12. The average molecular weight is 320 g/mol. The summed E-state index contributed by atoms with van der Waals surface area (Å²) in [5, 5.41) is 4.72. The lowest BCUT2D eigenvalue weighted by Gasteiger charge is -2.30. The van der Waals surface area contributed by atoms with E-state index in [-0.39, 0.29) is 0 Å². The maximum Gasteiger partial charge on any atom is 0.137 e. The molecule has 0 unspecified atom stereocenters. The van der Waals surface area contributed by atoms with Crippen LogP contribution in [0.15, 0.2) is 29.0 Å². The summed E-state index contributed by atoms with van der Waals surface area (Å²) >= 11 is 3.52. The Kier molecular flexibility index (Phi) is 3.69. The summed E-state index contributed by atoms with van der Waals surface area (Å²) in [4.78, 5) is 8.76. The third-order valence-corrected chi connectivity index (χ3v) is 4.52. The summed E-state index contributed by atoms with van der Waals surface area (Å²) in [5.41, 5.74) is 0.990. The zero-order valence-corrected chi connectivity index (χ0v) is 12.7. The Morgan fingerprint density at radius 1 is 1.21 bits per heavy atom. The van der Waals surface area contributed by atoms with Crippen molar-refractivity contribution < 1.29 is 0 Å². The van der Waals surface area contributed by atoms with Crippen LogP contribution in [0.2, 0.25) is 0 Å². The molecule has 19 heavy (non-hydrogen) atoms. The minimum atomic E-state index is 0.533. The number of rotatable bonds is 2. The van der Waals surface area contributed by atoms with Gasteiger partial charge in [0, 0.05) is 15.9 Å². The van der Waals surface area contributed by atoms with Gasteiger partial charge in [-0.1, -0.05) is 35.7 Å². The monoisotopic (exact) mass is 319 g/mol. The molecule has 1 N–H and O–H groups in total. The molecule has 0 aliphatic heterocycles. The van der Waals surface area contributed by atoms with Gasteiger partial charge in [-0.25, -0.2) is 9.97 Å². The predicted molar refractivity (Wildman–Crippen MR) is 82.3 cm³/mol. The molecule has 0 saturated heterocycles. The predicted octanol–water partition coefficient (Wildman–Crippen LogP) is 4.38. The topological polar surface area (TPSA) is 37.8 Å². The summed E-state index contributed by atoms with van der Waals surface area (Å²) in [6.45, 7) is 2.33. The van der Waals surface area contributed by atoms with E-state index in [2.05, 4.69) is 44.2 Å². The molecule has 1 aliphatic rings. The quantitative estimate of drug-likeness (QED) is 0.892. The molecule has 0 amide bonds. The van der Waals surface area contributed by atoms with E-state index in [1.165, 1.54) is 25.7 Å². The van der Waals surface area contributed by atoms with Crippen LogP contribution in [0.5, 0.6) is 0 Å². The molecule has 4 heteroatoms. The van der Waals surface area contributed by atoms with Crippen LogP contribution in [0, 0.1) is 5.92 Å². The second-order valence-corrected chi connectivity index (χ2v) is 6.31. The minimum absolute atomic E-state index is 0.533. The van der Waals surface area contributed by atoms with E-state index in [4.69, 9.17) is 0 Å². The lowest BCUT2D eigenvalue weighted by atomic mass is 9.86. The van der Waals surface area contributed by atoms with Crippen LogP contribution in [-0.4, -0.2) is 16.0 Å². The van der Waals surface area contributed by atoms with E-state index >= 15 is 0 Å². The Bertz CT molecular complexity index is 585. The van der Waals surface area contributed by atoms with Crippen LogP contribution < -0.4 is 5.32 Å². The van der Waals surface area contributed by atoms with Crippen molar-refractivity contribution in [3.63, 3.8) is 0 Å². The van der Waals surface area contributed by atoms with Crippen molar-refractivity contribution in [2.75, 3.05) is 5.32 Å². The number of nitrogens with one attached hydrogen (secondary N) is 1. The largest absolute Gasteiger partial charge is 0.366 e. The zero-order valence-electron chi connectivity index (χ0n) is 11.1. The van der Waals surface area contributed by atoms with Gasteiger partial charge in [0.25, 0.3) is 0 Å². The second-order valence-electron chi connectivity index (χ2n) is 5.40. The molecule has 1 aromatic heterocycles. The number of benzene rings is 1. The third kappa shape index (κ3) is 2.73. The second kappa shape index (κ2) is 5.45. The highest BCUT2D eigenvalue weighted by molar-refractivity contribution is 9.10. The van der Waals surface area contributed by atoms with Gasteiger partial charge in [0.2, 0.25) is 0 Å². The Labute approximate surface area is 122 Å². The van der Waals surface area contributed by atoms with Gasteiger partial charge in [-0.15, -0.1) is 0 Å². The number of fused-ring (bicyclic) bond motifs is 1. The van der Waals surface area contributed by atoms with Crippen molar-refractivity contribution in [2.24, 2.45) is 5.92 Å². The van der Waals surface area contributed by atoms with Crippen molar-refractivity contribution in [1.82, 2.24) is 9.97 Å². The molecule has 1 fully saturated rings. The lowest BCUT2D eigenvalue weighted by Crippen LogP contribution is -2.30. The molecule has 1 heterocycles. The molecule has 2 aromatic rings. The molecule has 2 atom stereocenters. The molecule has 3 rings (SSSR count). The van der Waals surface area contributed by atoms with Crippen molar-refractivity contribution in [2.45, 2.75) is 38.6 Å². The van der Waals surface area contributed by atoms with Gasteiger partial charge in [0.15, 0.2) is 0 Å². The number of hydrogen-bond acceptors (Lipinski definition) is 3. The normalized spacial score (nSPS) is 23.5. The van der Waals surface area contributed by atoms with Crippen LogP contribution in [0.4, 0.5) is 5.82 Å². The molecule has 0 spiro atoms. The smallest absolute Gasteiger partial charge is 0.137 e. The van der Waals surface area contributed by atoms with E-state index < -0.39 is 0 Å². The first kappa shape index (κ1) is 12.9. The first-order valence-corrected chi connectivity index (χ1v) is 7.70. The van der Waals surface area contributed by atoms with Gasteiger partial charge < -0.3 is 5.32 Å². The molecule has 0 bridgehead atoms. The lowest BCUT2D eigenvalue weighted by molar-refractivity contribution is 0.349. The molecule has 0 radical (unpaired) electrons. The third-order valence-electron chi connectivity index (χ3n) is 4.03. The molecule has 1 aromatic carbocycles. The number of halogens is 1. The van der Waals surface area contributed by atoms with Crippen molar-refractivity contribution in [3.8, 4) is 0 Å². The van der Waals surface area contributed by atoms with Gasteiger partial charge >= 0.3 is 0 Å². The summed E-state index contributed by atoms with van der Waals surface area (Å²) in [6, 6.07) is 6.66. The molecule has 3 nitrogen and oxygen atoms in total. The van der Waals surface area contributed by atoms with Gasteiger partial charge in [-0.05, 0) is 37.0 Å². The van der Waals surface area contributed by atoms with E-state index in [1.54, 1.807) is 6.33 Å². The fraction of sp³-hybridized carbons (Fsp3) is 0.467. The van der Waals surface area contributed by atoms with Gasteiger partial charge in [0.05, 0.1) is 5.52 Å². The average Bonchev–Trinajstić information content (AvgIpc) is 2.42. The highest BCUT2D eigenvalue weighted by Gasteiger charge is 2.22. The molecule has 1 saturated carbocycles. The number of nitrogens with zero attached hydrogens (tertiary/aromatic N) is 2. The molecular weight excluding hydrogens is 302 g/mol.